The maximum Gasteiger partial charge on any atom is 0.0832 e. The third-order valence-electron chi connectivity index (χ3n) is 2.54. The fourth-order valence-electron chi connectivity index (χ4n) is 1.62. The second kappa shape index (κ2) is 5.50. The quantitative estimate of drug-likeness (QED) is 0.921. The van der Waals surface area contributed by atoms with E-state index in [1.807, 2.05) is 12.1 Å². The van der Waals surface area contributed by atoms with E-state index in [0.717, 1.165) is 11.1 Å². The lowest BCUT2D eigenvalue weighted by Crippen LogP contribution is -2.02. The highest BCUT2D eigenvalue weighted by Gasteiger charge is 2.11. The Morgan fingerprint density at radius 2 is 1.82 bits per heavy atom. The van der Waals surface area contributed by atoms with Crippen LogP contribution < -0.4 is 0 Å². The number of nitrogens with zero attached hydrogens (tertiary/aromatic N) is 1. The summed E-state index contributed by atoms with van der Waals surface area (Å²) in [5.41, 5.74) is 1.65. The van der Waals surface area contributed by atoms with Crippen molar-refractivity contribution < 1.29 is 5.11 Å². The minimum absolute atomic E-state index is 0.434. The first-order valence-corrected chi connectivity index (χ1v) is 5.95. The molecule has 2 nitrogen and oxygen atoms in total. The molecule has 1 aromatic carbocycles. The normalized spacial score (nSPS) is 12.4. The van der Waals surface area contributed by atoms with E-state index in [-0.39, 0.29) is 0 Å². The molecular formula is C13H11Cl2NO. The molecule has 0 saturated carbocycles. The van der Waals surface area contributed by atoms with Crippen LogP contribution in [0.2, 0.25) is 10.0 Å². The number of aliphatic hydroxyl groups is 1. The van der Waals surface area contributed by atoms with Crippen molar-refractivity contribution in [3.63, 3.8) is 0 Å². The minimum atomic E-state index is -0.603. The summed E-state index contributed by atoms with van der Waals surface area (Å²) in [4.78, 5) is 3.91. The summed E-state index contributed by atoms with van der Waals surface area (Å²) in [6, 6.07) is 8.97. The average Bonchev–Trinajstić information content (AvgIpc) is 2.36. The standard InChI is InChI=1S/C13H11Cl2NO/c14-11-3-1-2-10(13(11)15)8-12(17)9-4-6-16-7-5-9/h1-7,12,17H,8H2. The Morgan fingerprint density at radius 1 is 1.12 bits per heavy atom. The predicted octanol–water partition coefficient (Wildman–Crippen LogP) is 3.66. The van der Waals surface area contributed by atoms with Crippen molar-refractivity contribution in [2.24, 2.45) is 0 Å². The lowest BCUT2D eigenvalue weighted by molar-refractivity contribution is 0.178. The molecule has 0 aliphatic heterocycles. The first-order chi connectivity index (χ1) is 8.18. The van der Waals surface area contributed by atoms with Crippen LogP contribution >= 0.6 is 23.2 Å². The minimum Gasteiger partial charge on any atom is -0.388 e. The van der Waals surface area contributed by atoms with Crippen molar-refractivity contribution in [3.8, 4) is 0 Å². The molecule has 0 fully saturated rings. The molecule has 17 heavy (non-hydrogen) atoms. The van der Waals surface area contributed by atoms with Crippen LogP contribution in [0.5, 0.6) is 0 Å². The van der Waals surface area contributed by atoms with Crippen LogP contribution in [0, 0.1) is 0 Å². The Labute approximate surface area is 110 Å². The zero-order valence-corrected chi connectivity index (χ0v) is 10.5. The molecule has 0 radical (unpaired) electrons. The van der Waals surface area contributed by atoms with Gasteiger partial charge in [-0.2, -0.15) is 0 Å². The number of hydrogen-bond donors (Lipinski definition) is 1. The average molecular weight is 268 g/mol. The summed E-state index contributed by atoms with van der Waals surface area (Å²) in [6.07, 6.45) is 3.13. The lowest BCUT2D eigenvalue weighted by Gasteiger charge is -2.12. The van der Waals surface area contributed by atoms with Crippen molar-refractivity contribution in [1.82, 2.24) is 4.98 Å². The van der Waals surface area contributed by atoms with Crippen LogP contribution in [0.4, 0.5) is 0 Å². The molecule has 2 rings (SSSR count). The summed E-state index contributed by atoms with van der Waals surface area (Å²) < 4.78 is 0. The van der Waals surface area contributed by atoms with E-state index in [9.17, 15) is 5.11 Å². The topological polar surface area (TPSA) is 33.1 Å². The maximum absolute atomic E-state index is 10.1. The van der Waals surface area contributed by atoms with E-state index in [1.54, 1.807) is 30.6 Å². The second-order valence-electron chi connectivity index (χ2n) is 3.71. The number of aliphatic hydroxyl groups excluding tert-OH is 1. The molecule has 1 unspecified atom stereocenters. The number of halogens is 2. The summed E-state index contributed by atoms with van der Waals surface area (Å²) in [5.74, 6) is 0. The van der Waals surface area contributed by atoms with Gasteiger partial charge >= 0.3 is 0 Å². The number of rotatable bonds is 3. The van der Waals surface area contributed by atoms with E-state index in [2.05, 4.69) is 4.98 Å². The Bertz CT molecular complexity index is 502. The van der Waals surface area contributed by atoms with E-state index in [0.29, 0.717) is 16.5 Å². The highest BCUT2D eigenvalue weighted by molar-refractivity contribution is 6.42. The summed E-state index contributed by atoms with van der Waals surface area (Å²) >= 11 is 12.0. The van der Waals surface area contributed by atoms with Crippen LogP contribution in [0.15, 0.2) is 42.7 Å². The Hall–Kier alpha value is -1.09. The van der Waals surface area contributed by atoms with Gasteiger partial charge in [0.2, 0.25) is 0 Å². The van der Waals surface area contributed by atoms with Crippen LogP contribution in [0.3, 0.4) is 0 Å². The van der Waals surface area contributed by atoms with Crippen LogP contribution in [0.1, 0.15) is 17.2 Å². The molecule has 4 heteroatoms. The lowest BCUT2D eigenvalue weighted by atomic mass is 10.0. The molecule has 0 aliphatic carbocycles. The molecule has 0 spiro atoms. The van der Waals surface area contributed by atoms with Gasteiger partial charge in [0.15, 0.2) is 0 Å². The van der Waals surface area contributed by atoms with Gasteiger partial charge in [-0.1, -0.05) is 35.3 Å². The molecule has 1 N–H and O–H groups in total. The smallest absolute Gasteiger partial charge is 0.0832 e. The van der Waals surface area contributed by atoms with Gasteiger partial charge in [-0.25, -0.2) is 0 Å². The van der Waals surface area contributed by atoms with Crippen molar-refractivity contribution in [1.29, 1.82) is 0 Å². The zero-order valence-electron chi connectivity index (χ0n) is 8.98. The highest BCUT2D eigenvalue weighted by atomic mass is 35.5. The summed E-state index contributed by atoms with van der Waals surface area (Å²) in [5, 5.41) is 11.1. The van der Waals surface area contributed by atoms with E-state index in [4.69, 9.17) is 23.2 Å². The van der Waals surface area contributed by atoms with E-state index < -0.39 is 6.10 Å². The monoisotopic (exact) mass is 267 g/mol. The SMILES string of the molecule is OC(Cc1cccc(Cl)c1Cl)c1ccncc1. The Balaban J connectivity index is 2.19. The first kappa shape index (κ1) is 12.4. The van der Waals surface area contributed by atoms with Gasteiger partial charge in [0.1, 0.15) is 0 Å². The molecule has 88 valence electrons. The molecule has 1 aromatic heterocycles. The summed E-state index contributed by atoms with van der Waals surface area (Å²) in [6.45, 7) is 0. The van der Waals surface area contributed by atoms with Gasteiger partial charge in [0.25, 0.3) is 0 Å². The Morgan fingerprint density at radius 3 is 2.53 bits per heavy atom. The maximum atomic E-state index is 10.1. The van der Waals surface area contributed by atoms with Gasteiger partial charge in [-0.15, -0.1) is 0 Å². The van der Waals surface area contributed by atoms with E-state index >= 15 is 0 Å². The molecule has 0 aliphatic rings. The van der Waals surface area contributed by atoms with Crippen molar-refractivity contribution >= 4 is 23.2 Å². The number of benzene rings is 1. The second-order valence-corrected chi connectivity index (χ2v) is 4.50. The third kappa shape index (κ3) is 2.97. The van der Waals surface area contributed by atoms with Crippen LogP contribution in [-0.4, -0.2) is 10.1 Å². The van der Waals surface area contributed by atoms with Gasteiger partial charge in [0.05, 0.1) is 16.1 Å². The third-order valence-corrected chi connectivity index (χ3v) is 3.39. The van der Waals surface area contributed by atoms with E-state index in [1.165, 1.54) is 0 Å². The van der Waals surface area contributed by atoms with Gasteiger partial charge in [0, 0.05) is 18.8 Å². The summed E-state index contributed by atoms with van der Waals surface area (Å²) in [7, 11) is 0. The number of pyridine rings is 1. The van der Waals surface area contributed by atoms with Gasteiger partial charge < -0.3 is 5.11 Å². The Kier molecular flexibility index (Phi) is 4.00. The molecule has 0 bridgehead atoms. The molecule has 0 saturated heterocycles. The predicted molar refractivity (Wildman–Crippen MR) is 69.4 cm³/mol. The van der Waals surface area contributed by atoms with Gasteiger partial charge in [-0.3, -0.25) is 4.98 Å². The molecule has 0 amide bonds. The van der Waals surface area contributed by atoms with Crippen molar-refractivity contribution in [2.45, 2.75) is 12.5 Å². The highest BCUT2D eigenvalue weighted by Crippen LogP contribution is 2.28. The van der Waals surface area contributed by atoms with Crippen molar-refractivity contribution in [3.05, 3.63) is 63.9 Å². The fraction of sp³-hybridized carbons (Fsp3) is 0.154. The molecule has 1 atom stereocenters. The van der Waals surface area contributed by atoms with Crippen LogP contribution in [0.25, 0.3) is 0 Å². The van der Waals surface area contributed by atoms with Crippen molar-refractivity contribution in [2.75, 3.05) is 0 Å². The molecule has 1 heterocycles. The largest absolute Gasteiger partial charge is 0.388 e. The molecular weight excluding hydrogens is 257 g/mol. The van der Waals surface area contributed by atoms with Gasteiger partial charge in [-0.05, 0) is 29.3 Å². The van der Waals surface area contributed by atoms with Crippen LogP contribution in [-0.2, 0) is 6.42 Å². The fourth-order valence-corrected chi connectivity index (χ4v) is 2.02. The first-order valence-electron chi connectivity index (χ1n) is 5.19. The number of aromatic nitrogens is 1. The number of hydrogen-bond acceptors (Lipinski definition) is 2. The molecule has 2 aromatic rings. The zero-order chi connectivity index (χ0) is 12.3.